The average molecular weight is 381 g/mol. The van der Waals surface area contributed by atoms with Crippen molar-refractivity contribution >= 4 is 5.96 Å². The minimum Gasteiger partial charge on any atom is -0.379 e. The highest BCUT2D eigenvalue weighted by Gasteiger charge is 2.24. The lowest BCUT2D eigenvalue weighted by Gasteiger charge is -2.28. The summed E-state index contributed by atoms with van der Waals surface area (Å²) in [5, 5.41) is 11.1. The molecule has 0 spiro atoms. The molecule has 8 nitrogen and oxygen atoms in total. The molecule has 1 atom stereocenters. The van der Waals surface area contributed by atoms with Crippen molar-refractivity contribution in [2.75, 3.05) is 26.7 Å². The summed E-state index contributed by atoms with van der Waals surface area (Å²) in [5.41, 5.74) is 0.0649. The Kier molecular flexibility index (Phi) is 7.89. The van der Waals surface area contributed by atoms with Gasteiger partial charge in [0.15, 0.2) is 5.96 Å². The normalized spacial score (nSPS) is 16.1. The van der Waals surface area contributed by atoms with Crippen LogP contribution in [-0.4, -0.2) is 53.2 Å². The highest BCUT2D eigenvalue weighted by atomic mass is 16.5. The van der Waals surface area contributed by atoms with E-state index in [0.29, 0.717) is 13.1 Å². The first-order chi connectivity index (χ1) is 12.9. The van der Waals surface area contributed by atoms with Gasteiger partial charge in [0.2, 0.25) is 0 Å². The second kappa shape index (κ2) is 9.92. The molecule has 2 heterocycles. The van der Waals surface area contributed by atoms with Crippen LogP contribution in [0.15, 0.2) is 9.79 Å². The summed E-state index contributed by atoms with van der Waals surface area (Å²) in [4.78, 5) is 17.0. The zero-order valence-electron chi connectivity index (χ0n) is 17.5. The lowest BCUT2D eigenvalue weighted by Crippen LogP contribution is -2.40. The summed E-state index contributed by atoms with van der Waals surface area (Å²) in [7, 11) is 1.73. The van der Waals surface area contributed by atoms with Crippen molar-refractivity contribution in [3.63, 3.8) is 0 Å². The van der Waals surface area contributed by atoms with Crippen molar-refractivity contribution in [1.29, 1.82) is 0 Å². The van der Waals surface area contributed by atoms with E-state index in [0.717, 1.165) is 57.1 Å². The second-order valence-corrected chi connectivity index (χ2v) is 8.12. The first-order valence-corrected chi connectivity index (χ1v) is 10.1. The van der Waals surface area contributed by atoms with Gasteiger partial charge in [-0.25, -0.2) is 9.48 Å². The van der Waals surface area contributed by atoms with Crippen molar-refractivity contribution in [3.05, 3.63) is 16.3 Å². The Morgan fingerprint density at radius 2 is 2.11 bits per heavy atom. The number of rotatable bonds is 8. The predicted molar refractivity (Wildman–Crippen MR) is 108 cm³/mol. The third-order valence-electron chi connectivity index (χ3n) is 4.88. The van der Waals surface area contributed by atoms with Crippen molar-refractivity contribution in [1.82, 2.24) is 25.0 Å². The molecule has 0 aromatic carbocycles. The van der Waals surface area contributed by atoms with Crippen LogP contribution in [0.5, 0.6) is 0 Å². The summed E-state index contributed by atoms with van der Waals surface area (Å²) < 4.78 is 8.99. The van der Waals surface area contributed by atoms with E-state index in [1.54, 1.807) is 11.8 Å². The Bertz CT molecular complexity index is 671. The molecule has 0 saturated carbocycles. The summed E-state index contributed by atoms with van der Waals surface area (Å²) in [5.74, 6) is 1.71. The van der Waals surface area contributed by atoms with E-state index in [1.165, 1.54) is 0 Å². The summed E-state index contributed by atoms with van der Waals surface area (Å²) in [6.45, 7) is 12.1. The molecule has 27 heavy (non-hydrogen) atoms. The lowest BCUT2D eigenvalue weighted by molar-refractivity contribution is 0.0241. The molecule has 1 aromatic heterocycles. The minimum atomic E-state index is 0.0263. The van der Waals surface area contributed by atoms with E-state index in [2.05, 4.69) is 41.5 Å². The summed E-state index contributed by atoms with van der Waals surface area (Å²) >= 11 is 0. The second-order valence-electron chi connectivity index (χ2n) is 8.12. The maximum Gasteiger partial charge on any atom is 0.345 e. The zero-order chi connectivity index (χ0) is 19.9. The van der Waals surface area contributed by atoms with Crippen LogP contribution in [0.25, 0.3) is 0 Å². The van der Waals surface area contributed by atoms with Crippen molar-refractivity contribution in [2.24, 2.45) is 10.4 Å². The van der Waals surface area contributed by atoms with Gasteiger partial charge in [-0.05, 0) is 31.6 Å². The predicted octanol–water partition coefficient (Wildman–Crippen LogP) is 1.39. The minimum absolute atomic E-state index is 0.0263. The molecule has 0 fully saturated rings. The van der Waals surface area contributed by atoms with Crippen LogP contribution in [0.1, 0.15) is 52.8 Å². The van der Waals surface area contributed by atoms with Gasteiger partial charge >= 0.3 is 5.69 Å². The quantitative estimate of drug-likeness (QED) is 0.404. The number of fused-ring (bicyclic) bond motifs is 1. The van der Waals surface area contributed by atoms with E-state index in [9.17, 15) is 4.79 Å². The fraction of sp³-hybridized carbons (Fsp3) is 0.842. The van der Waals surface area contributed by atoms with Gasteiger partial charge in [-0.15, -0.1) is 0 Å². The van der Waals surface area contributed by atoms with Crippen molar-refractivity contribution in [3.8, 4) is 0 Å². The fourth-order valence-corrected chi connectivity index (χ4v) is 3.25. The number of hydrogen-bond donors (Lipinski definition) is 2. The van der Waals surface area contributed by atoms with Crippen LogP contribution in [0.3, 0.4) is 0 Å². The van der Waals surface area contributed by atoms with Crippen LogP contribution in [0.2, 0.25) is 0 Å². The largest absolute Gasteiger partial charge is 0.379 e. The highest BCUT2D eigenvalue weighted by Crippen LogP contribution is 2.21. The van der Waals surface area contributed by atoms with Crippen LogP contribution in [-0.2, 0) is 24.2 Å². The molecular weight excluding hydrogens is 344 g/mol. The summed E-state index contributed by atoms with van der Waals surface area (Å²) in [6.07, 6.45) is 3.97. The number of nitrogens with zero attached hydrogens (tertiary/aromatic N) is 4. The number of aromatic nitrogens is 3. The Morgan fingerprint density at radius 3 is 2.74 bits per heavy atom. The Labute approximate surface area is 162 Å². The average Bonchev–Trinajstić information content (AvgIpc) is 2.94. The maximum absolute atomic E-state index is 12.3. The zero-order valence-corrected chi connectivity index (χ0v) is 17.5. The number of ether oxygens (including phenoxy) is 1. The molecule has 1 unspecified atom stereocenters. The van der Waals surface area contributed by atoms with Crippen molar-refractivity contribution < 1.29 is 4.74 Å². The molecule has 8 heteroatoms. The van der Waals surface area contributed by atoms with E-state index in [4.69, 9.17) is 4.74 Å². The maximum atomic E-state index is 12.3. The van der Waals surface area contributed by atoms with Crippen LogP contribution in [0.4, 0.5) is 0 Å². The van der Waals surface area contributed by atoms with E-state index in [1.807, 2.05) is 11.5 Å². The smallest absolute Gasteiger partial charge is 0.345 e. The Balaban J connectivity index is 1.85. The van der Waals surface area contributed by atoms with Gasteiger partial charge in [-0.1, -0.05) is 20.8 Å². The standard InChI is InChI=1S/C19H36N6O2/c1-6-20-17(22-14-15(27-5)19(2,3)4)21-11-9-13-25-18(26)24-12-8-7-10-16(24)23-25/h15H,6-14H2,1-5H3,(H2,20,21,22). The molecule has 0 aliphatic carbocycles. The number of nitrogens with one attached hydrogen (secondary N) is 2. The number of aliphatic imine (C=N–C) groups is 1. The molecular formula is C19H36N6O2. The van der Waals surface area contributed by atoms with Gasteiger partial charge in [0.25, 0.3) is 0 Å². The topological polar surface area (TPSA) is 85.5 Å². The molecule has 0 bridgehead atoms. The molecule has 0 saturated heterocycles. The lowest BCUT2D eigenvalue weighted by atomic mass is 9.89. The van der Waals surface area contributed by atoms with Crippen molar-refractivity contribution in [2.45, 2.75) is 72.6 Å². The number of guanidine groups is 1. The highest BCUT2D eigenvalue weighted by molar-refractivity contribution is 5.79. The van der Waals surface area contributed by atoms with Gasteiger partial charge in [0.1, 0.15) is 5.82 Å². The molecule has 2 rings (SSSR count). The number of aryl methyl sites for hydroxylation is 2. The van der Waals surface area contributed by atoms with E-state index < -0.39 is 0 Å². The van der Waals surface area contributed by atoms with Gasteiger partial charge < -0.3 is 15.4 Å². The Hall–Kier alpha value is -1.83. The first kappa shape index (κ1) is 21.5. The van der Waals surface area contributed by atoms with Gasteiger partial charge in [0, 0.05) is 39.7 Å². The Morgan fingerprint density at radius 1 is 1.33 bits per heavy atom. The van der Waals surface area contributed by atoms with Crippen LogP contribution < -0.4 is 16.3 Å². The number of hydrogen-bond acceptors (Lipinski definition) is 4. The van der Waals surface area contributed by atoms with E-state index in [-0.39, 0.29) is 17.2 Å². The SMILES string of the molecule is CCNC(=NCC(OC)C(C)(C)C)NCCCn1nc2n(c1=O)CCCC2. The molecule has 1 aliphatic heterocycles. The third kappa shape index (κ3) is 6.09. The van der Waals surface area contributed by atoms with Crippen LogP contribution >= 0.6 is 0 Å². The van der Waals surface area contributed by atoms with Gasteiger partial charge in [-0.2, -0.15) is 5.10 Å². The van der Waals surface area contributed by atoms with Crippen LogP contribution in [0, 0.1) is 5.41 Å². The summed E-state index contributed by atoms with van der Waals surface area (Å²) in [6, 6.07) is 0. The van der Waals surface area contributed by atoms with Gasteiger partial charge in [0.05, 0.1) is 12.6 Å². The van der Waals surface area contributed by atoms with E-state index >= 15 is 0 Å². The van der Waals surface area contributed by atoms with Gasteiger partial charge in [-0.3, -0.25) is 9.56 Å². The monoisotopic (exact) mass is 380 g/mol. The molecule has 1 aromatic rings. The molecule has 154 valence electrons. The third-order valence-corrected chi connectivity index (χ3v) is 4.88. The number of methoxy groups -OCH3 is 1. The first-order valence-electron chi connectivity index (χ1n) is 10.1. The molecule has 0 radical (unpaired) electrons. The molecule has 2 N–H and O–H groups in total. The fourth-order valence-electron chi connectivity index (χ4n) is 3.25. The molecule has 1 aliphatic rings. The molecule has 0 amide bonds.